The van der Waals surface area contributed by atoms with Crippen LogP contribution in [0.4, 0.5) is 0 Å². The molecular formula is C17H17NO5. The lowest BCUT2D eigenvalue weighted by Gasteiger charge is -2.19. The van der Waals surface area contributed by atoms with Crippen LogP contribution < -0.4 is 19.5 Å². The van der Waals surface area contributed by atoms with Gasteiger partial charge >= 0.3 is 0 Å². The Morgan fingerprint density at radius 2 is 1.96 bits per heavy atom. The van der Waals surface area contributed by atoms with Crippen molar-refractivity contribution < 1.29 is 24.1 Å². The van der Waals surface area contributed by atoms with E-state index < -0.39 is 0 Å². The van der Waals surface area contributed by atoms with Gasteiger partial charge in [0.2, 0.25) is 0 Å². The number of nitrogens with one attached hydrogen (secondary N) is 1. The predicted molar refractivity (Wildman–Crippen MR) is 83.3 cm³/mol. The Balaban J connectivity index is 1.67. The lowest BCUT2D eigenvalue weighted by atomic mass is 10.1. The molecule has 0 atom stereocenters. The molecule has 0 saturated carbocycles. The first-order chi connectivity index (χ1) is 11.2. The number of ether oxygens (including phenoxy) is 3. The number of phenolic OH excluding ortho intramolecular Hbond substituents is 1. The van der Waals surface area contributed by atoms with Gasteiger partial charge in [-0.2, -0.15) is 0 Å². The zero-order chi connectivity index (χ0) is 16.2. The van der Waals surface area contributed by atoms with E-state index in [1.165, 1.54) is 19.2 Å². The Bertz CT molecular complexity index is 729. The van der Waals surface area contributed by atoms with Crippen LogP contribution in [0.3, 0.4) is 0 Å². The van der Waals surface area contributed by atoms with Crippen molar-refractivity contribution in [3.8, 4) is 23.0 Å². The van der Waals surface area contributed by atoms with E-state index in [2.05, 4.69) is 5.32 Å². The average molecular weight is 315 g/mol. The first-order valence-corrected chi connectivity index (χ1v) is 7.21. The van der Waals surface area contributed by atoms with Gasteiger partial charge in [0.1, 0.15) is 24.7 Å². The van der Waals surface area contributed by atoms with Crippen molar-refractivity contribution in [3.63, 3.8) is 0 Å². The topological polar surface area (TPSA) is 77.0 Å². The highest BCUT2D eigenvalue weighted by Crippen LogP contribution is 2.30. The van der Waals surface area contributed by atoms with E-state index in [4.69, 9.17) is 14.2 Å². The quantitative estimate of drug-likeness (QED) is 0.903. The molecule has 1 heterocycles. The summed E-state index contributed by atoms with van der Waals surface area (Å²) in [6.07, 6.45) is 0. The summed E-state index contributed by atoms with van der Waals surface area (Å²) in [6, 6.07) is 10.1. The minimum absolute atomic E-state index is 0.121. The van der Waals surface area contributed by atoms with Crippen molar-refractivity contribution in [2.24, 2.45) is 0 Å². The van der Waals surface area contributed by atoms with Crippen molar-refractivity contribution in [2.75, 3.05) is 20.3 Å². The van der Waals surface area contributed by atoms with Gasteiger partial charge in [-0.3, -0.25) is 4.79 Å². The number of hydrogen-bond donors (Lipinski definition) is 2. The monoisotopic (exact) mass is 315 g/mol. The largest absolute Gasteiger partial charge is 0.507 e. The molecule has 1 amide bonds. The van der Waals surface area contributed by atoms with Gasteiger partial charge in [0.25, 0.3) is 5.91 Å². The molecule has 6 nitrogen and oxygen atoms in total. The molecular weight excluding hydrogens is 298 g/mol. The van der Waals surface area contributed by atoms with Crippen molar-refractivity contribution in [3.05, 3.63) is 47.5 Å². The Labute approximate surface area is 133 Å². The maximum Gasteiger partial charge on any atom is 0.255 e. The van der Waals surface area contributed by atoms with Crippen LogP contribution >= 0.6 is 0 Å². The maximum absolute atomic E-state index is 12.2. The third-order valence-electron chi connectivity index (χ3n) is 3.51. The van der Waals surface area contributed by atoms with E-state index in [0.717, 1.165) is 5.56 Å². The molecule has 0 spiro atoms. The minimum atomic E-state index is -0.361. The number of carbonyl (C=O) groups is 1. The van der Waals surface area contributed by atoms with Crippen molar-refractivity contribution in [1.82, 2.24) is 5.32 Å². The van der Waals surface area contributed by atoms with Gasteiger partial charge < -0.3 is 24.6 Å². The fraction of sp³-hybridized carbons (Fsp3) is 0.235. The van der Waals surface area contributed by atoms with E-state index in [9.17, 15) is 9.90 Å². The number of fused-ring (bicyclic) bond motifs is 1. The summed E-state index contributed by atoms with van der Waals surface area (Å²) >= 11 is 0. The summed E-state index contributed by atoms with van der Waals surface area (Å²) in [4.78, 5) is 12.2. The highest BCUT2D eigenvalue weighted by atomic mass is 16.6. The summed E-state index contributed by atoms with van der Waals surface area (Å²) in [6.45, 7) is 1.38. The molecule has 0 unspecified atom stereocenters. The van der Waals surface area contributed by atoms with Gasteiger partial charge in [0, 0.05) is 12.6 Å². The molecule has 2 N–H and O–H groups in total. The molecule has 0 aliphatic carbocycles. The third-order valence-corrected chi connectivity index (χ3v) is 3.51. The van der Waals surface area contributed by atoms with Crippen LogP contribution in [0, 0.1) is 0 Å². The van der Waals surface area contributed by atoms with Crippen molar-refractivity contribution >= 4 is 5.91 Å². The summed E-state index contributed by atoms with van der Waals surface area (Å²) in [5.41, 5.74) is 1.08. The first kappa shape index (κ1) is 15.0. The zero-order valence-electron chi connectivity index (χ0n) is 12.7. The fourth-order valence-electron chi connectivity index (χ4n) is 2.31. The number of carbonyl (C=O) groups excluding carboxylic acids is 1. The first-order valence-electron chi connectivity index (χ1n) is 7.21. The highest BCUT2D eigenvalue weighted by Gasteiger charge is 2.14. The summed E-state index contributed by atoms with van der Waals surface area (Å²) < 4.78 is 16.0. The second-order valence-corrected chi connectivity index (χ2v) is 5.04. The van der Waals surface area contributed by atoms with E-state index in [1.807, 2.05) is 18.2 Å². The molecule has 1 aliphatic rings. The van der Waals surface area contributed by atoms with Gasteiger partial charge in [-0.25, -0.2) is 0 Å². The maximum atomic E-state index is 12.2. The molecule has 2 aromatic carbocycles. The van der Waals surface area contributed by atoms with E-state index in [-0.39, 0.29) is 17.2 Å². The van der Waals surface area contributed by atoms with Gasteiger partial charge in [-0.1, -0.05) is 6.07 Å². The number of methoxy groups -OCH3 is 1. The smallest absolute Gasteiger partial charge is 0.255 e. The summed E-state index contributed by atoms with van der Waals surface area (Å²) in [5, 5.41) is 12.6. The molecule has 2 aromatic rings. The SMILES string of the molecule is COc1ccc(C(=O)NCc2ccc3c(c2)OCCO3)c(O)c1. The lowest BCUT2D eigenvalue weighted by Crippen LogP contribution is -2.23. The van der Waals surface area contributed by atoms with Crippen LogP contribution in [0.5, 0.6) is 23.0 Å². The number of rotatable bonds is 4. The minimum Gasteiger partial charge on any atom is -0.507 e. The zero-order valence-corrected chi connectivity index (χ0v) is 12.7. The second-order valence-electron chi connectivity index (χ2n) is 5.04. The molecule has 3 rings (SSSR count). The molecule has 0 radical (unpaired) electrons. The summed E-state index contributed by atoms with van der Waals surface area (Å²) in [5.74, 6) is 1.39. The van der Waals surface area contributed by atoms with Gasteiger partial charge in [0.15, 0.2) is 11.5 Å². The number of hydrogen-bond acceptors (Lipinski definition) is 5. The second kappa shape index (κ2) is 6.48. The normalized spacial score (nSPS) is 12.6. The van der Waals surface area contributed by atoms with Gasteiger partial charge in [-0.15, -0.1) is 0 Å². The molecule has 120 valence electrons. The highest BCUT2D eigenvalue weighted by molar-refractivity contribution is 5.96. The Morgan fingerprint density at radius 1 is 1.17 bits per heavy atom. The molecule has 6 heteroatoms. The molecule has 0 saturated heterocycles. The number of amides is 1. The summed E-state index contributed by atoms with van der Waals surface area (Å²) in [7, 11) is 1.50. The fourth-order valence-corrected chi connectivity index (χ4v) is 2.31. The van der Waals surface area contributed by atoms with Crippen LogP contribution in [0.2, 0.25) is 0 Å². The van der Waals surface area contributed by atoms with Crippen LogP contribution in [0.1, 0.15) is 15.9 Å². The molecule has 0 aromatic heterocycles. The molecule has 1 aliphatic heterocycles. The predicted octanol–water partition coefficient (Wildman–Crippen LogP) is 2.10. The van der Waals surface area contributed by atoms with Gasteiger partial charge in [0.05, 0.1) is 12.7 Å². The number of aromatic hydroxyl groups is 1. The average Bonchev–Trinajstić information content (AvgIpc) is 2.59. The van der Waals surface area contributed by atoms with Gasteiger partial charge in [-0.05, 0) is 29.8 Å². The number of benzene rings is 2. The van der Waals surface area contributed by atoms with Crippen LogP contribution in [-0.4, -0.2) is 31.3 Å². The van der Waals surface area contributed by atoms with Crippen molar-refractivity contribution in [1.29, 1.82) is 0 Å². The Morgan fingerprint density at radius 3 is 2.70 bits per heavy atom. The standard InChI is InChI=1S/C17H17NO5/c1-21-12-3-4-13(14(19)9-12)17(20)18-10-11-2-5-15-16(8-11)23-7-6-22-15/h2-5,8-9,19H,6-7,10H2,1H3,(H,18,20). The van der Waals surface area contributed by atoms with Crippen LogP contribution in [0.25, 0.3) is 0 Å². The Hall–Kier alpha value is -2.89. The Kier molecular flexibility index (Phi) is 4.23. The van der Waals surface area contributed by atoms with E-state index in [1.54, 1.807) is 6.07 Å². The van der Waals surface area contributed by atoms with E-state index in [0.29, 0.717) is 37.0 Å². The lowest BCUT2D eigenvalue weighted by molar-refractivity contribution is 0.0948. The molecule has 0 bridgehead atoms. The number of phenols is 1. The van der Waals surface area contributed by atoms with Crippen molar-refractivity contribution in [2.45, 2.75) is 6.54 Å². The third kappa shape index (κ3) is 3.31. The van der Waals surface area contributed by atoms with Crippen LogP contribution in [0.15, 0.2) is 36.4 Å². The molecule has 0 fully saturated rings. The van der Waals surface area contributed by atoms with E-state index >= 15 is 0 Å². The molecule has 23 heavy (non-hydrogen) atoms. The van der Waals surface area contributed by atoms with Crippen LogP contribution in [-0.2, 0) is 6.54 Å².